The zero-order valence-corrected chi connectivity index (χ0v) is 21.7. The van der Waals surface area contributed by atoms with E-state index in [0.717, 1.165) is 31.1 Å². The molecule has 0 spiro atoms. The Balaban J connectivity index is 1.58. The van der Waals surface area contributed by atoms with E-state index in [1.807, 2.05) is 0 Å². The van der Waals surface area contributed by atoms with Crippen molar-refractivity contribution in [3.8, 4) is 0 Å². The molecule has 0 bridgehead atoms. The van der Waals surface area contributed by atoms with Crippen LogP contribution in [0.3, 0.4) is 0 Å². The van der Waals surface area contributed by atoms with Crippen LogP contribution in [0.25, 0.3) is 0 Å². The topological polar surface area (TPSA) is 104 Å². The number of aryl methyl sites for hydroxylation is 1. The summed E-state index contributed by atoms with van der Waals surface area (Å²) >= 11 is 6.04. The molecule has 34 heavy (non-hydrogen) atoms. The molecular formula is C23H30ClN3O5S2. The molecule has 1 fully saturated rings. The first-order chi connectivity index (χ1) is 16.0. The summed E-state index contributed by atoms with van der Waals surface area (Å²) < 4.78 is 52.9. The second kappa shape index (κ2) is 11.1. The van der Waals surface area contributed by atoms with E-state index in [2.05, 4.69) is 5.32 Å². The van der Waals surface area contributed by atoms with Crippen molar-refractivity contribution in [1.82, 2.24) is 4.31 Å². The zero-order valence-electron chi connectivity index (χ0n) is 19.3. The standard InChI is InChI=1S/C23H30ClN3O5S2/c1-18-8-9-19(24)17-22(18)27(33(2,29)30)16-6-7-23(28)25-20-10-12-21(13-11-20)34(31,32)26-14-4-3-5-15-26/h8-13,17H,3-7,14-16H2,1-2H3,(H,25,28). The van der Waals surface area contributed by atoms with Crippen molar-refractivity contribution < 1.29 is 21.6 Å². The molecule has 0 atom stereocenters. The van der Waals surface area contributed by atoms with Crippen LogP contribution in [0.15, 0.2) is 47.4 Å². The predicted molar refractivity (Wildman–Crippen MR) is 135 cm³/mol. The Hall–Kier alpha value is -2.14. The average molecular weight is 528 g/mol. The van der Waals surface area contributed by atoms with Crippen LogP contribution in [-0.4, -0.2) is 52.9 Å². The van der Waals surface area contributed by atoms with Crippen LogP contribution >= 0.6 is 11.6 Å². The smallest absolute Gasteiger partial charge is 0.243 e. The molecule has 186 valence electrons. The van der Waals surface area contributed by atoms with Crippen LogP contribution in [0, 0.1) is 6.92 Å². The average Bonchev–Trinajstić information content (AvgIpc) is 2.79. The van der Waals surface area contributed by atoms with Crippen molar-refractivity contribution in [3.05, 3.63) is 53.1 Å². The third-order valence-electron chi connectivity index (χ3n) is 5.70. The summed E-state index contributed by atoms with van der Waals surface area (Å²) in [6.45, 7) is 2.98. The van der Waals surface area contributed by atoms with E-state index in [-0.39, 0.29) is 23.8 Å². The fourth-order valence-corrected chi connectivity index (χ4v) is 6.59. The summed E-state index contributed by atoms with van der Waals surface area (Å²) in [5.41, 5.74) is 1.73. The molecule has 1 heterocycles. The molecule has 1 amide bonds. The van der Waals surface area contributed by atoms with Crippen LogP contribution in [0.5, 0.6) is 0 Å². The second-order valence-corrected chi connectivity index (χ2v) is 12.7. The van der Waals surface area contributed by atoms with Crippen LogP contribution in [0.4, 0.5) is 11.4 Å². The first-order valence-corrected chi connectivity index (χ1v) is 14.8. The van der Waals surface area contributed by atoms with Gasteiger partial charge in [0.1, 0.15) is 0 Å². The molecule has 0 unspecified atom stereocenters. The molecule has 1 aliphatic rings. The molecule has 0 aliphatic carbocycles. The highest BCUT2D eigenvalue weighted by atomic mass is 35.5. The molecule has 8 nitrogen and oxygen atoms in total. The predicted octanol–water partition coefficient (Wildman–Crippen LogP) is 4.01. The molecule has 2 aromatic carbocycles. The normalized spacial score (nSPS) is 15.1. The van der Waals surface area contributed by atoms with E-state index in [1.165, 1.54) is 20.7 Å². The van der Waals surface area contributed by atoms with Crippen LogP contribution in [0.1, 0.15) is 37.7 Å². The molecule has 1 N–H and O–H groups in total. The maximum absolute atomic E-state index is 12.7. The SMILES string of the molecule is Cc1ccc(Cl)cc1N(CCCC(=O)Nc1ccc(S(=O)(=O)N2CCCCC2)cc1)S(C)(=O)=O. The minimum Gasteiger partial charge on any atom is -0.326 e. The van der Waals surface area contributed by atoms with Gasteiger partial charge in [0.05, 0.1) is 16.8 Å². The summed E-state index contributed by atoms with van der Waals surface area (Å²) in [5, 5.41) is 3.16. The lowest BCUT2D eigenvalue weighted by atomic mass is 10.2. The Morgan fingerprint density at radius 1 is 1.03 bits per heavy atom. The van der Waals surface area contributed by atoms with Gasteiger partial charge in [-0.2, -0.15) is 4.31 Å². The Bertz CT molecular complexity index is 1230. The maximum atomic E-state index is 12.7. The highest BCUT2D eigenvalue weighted by Gasteiger charge is 2.26. The van der Waals surface area contributed by atoms with E-state index >= 15 is 0 Å². The highest BCUT2D eigenvalue weighted by molar-refractivity contribution is 7.92. The summed E-state index contributed by atoms with van der Waals surface area (Å²) in [7, 11) is -7.09. The van der Waals surface area contributed by atoms with E-state index in [0.29, 0.717) is 35.9 Å². The number of halogens is 1. The minimum absolute atomic E-state index is 0.0967. The number of anilines is 2. The lowest BCUT2D eigenvalue weighted by Crippen LogP contribution is -2.35. The Kier molecular flexibility index (Phi) is 8.62. The van der Waals surface area contributed by atoms with Gasteiger partial charge in [-0.3, -0.25) is 9.10 Å². The third kappa shape index (κ3) is 6.71. The highest BCUT2D eigenvalue weighted by Crippen LogP contribution is 2.27. The second-order valence-electron chi connectivity index (χ2n) is 8.41. The number of hydrogen-bond acceptors (Lipinski definition) is 5. The van der Waals surface area contributed by atoms with E-state index in [4.69, 9.17) is 11.6 Å². The van der Waals surface area contributed by atoms with Gasteiger partial charge < -0.3 is 5.32 Å². The van der Waals surface area contributed by atoms with Crippen LogP contribution < -0.4 is 9.62 Å². The Morgan fingerprint density at radius 3 is 2.29 bits per heavy atom. The fraction of sp³-hybridized carbons (Fsp3) is 0.435. The number of piperidine rings is 1. The van der Waals surface area contributed by atoms with Crippen molar-refractivity contribution >= 4 is 48.9 Å². The van der Waals surface area contributed by atoms with Crippen molar-refractivity contribution in [2.24, 2.45) is 0 Å². The number of amides is 1. The van der Waals surface area contributed by atoms with Gasteiger partial charge in [-0.05, 0) is 68.1 Å². The van der Waals surface area contributed by atoms with Gasteiger partial charge in [0, 0.05) is 36.8 Å². The van der Waals surface area contributed by atoms with Crippen molar-refractivity contribution in [1.29, 1.82) is 0 Å². The zero-order chi connectivity index (χ0) is 24.9. The summed E-state index contributed by atoms with van der Waals surface area (Å²) in [6.07, 6.45) is 4.28. The molecule has 0 radical (unpaired) electrons. The van der Waals surface area contributed by atoms with Crippen LogP contribution in [0.2, 0.25) is 5.02 Å². The lowest BCUT2D eigenvalue weighted by molar-refractivity contribution is -0.116. The quantitative estimate of drug-likeness (QED) is 0.530. The molecule has 3 rings (SSSR count). The Morgan fingerprint density at radius 2 is 1.68 bits per heavy atom. The van der Waals surface area contributed by atoms with Gasteiger partial charge in [0.25, 0.3) is 0 Å². The maximum Gasteiger partial charge on any atom is 0.243 e. The molecular weight excluding hydrogens is 498 g/mol. The largest absolute Gasteiger partial charge is 0.326 e. The lowest BCUT2D eigenvalue weighted by Gasteiger charge is -2.25. The first-order valence-electron chi connectivity index (χ1n) is 11.1. The van der Waals surface area contributed by atoms with Gasteiger partial charge >= 0.3 is 0 Å². The van der Waals surface area contributed by atoms with E-state index in [9.17, 15) is 21.6 Å². The van der Waals surface area contributed by atoms with E-state index in [1.54, 1.807) is 37.3 Å². The number of carbonyl (C=O) groups is 1. The molecule has 0 aromatic heterocycles. The summed E-state index contributed by atoms with van der Waals surface area (Å²) in [4.78, 5) is 12.6. The number of nitrogens with zero attached hydrogens (tertiary/aromatic N) is 2. The number of nitrogens with one attached hydrogen (secondary N) is 1. The first kappa shape index (κ1) is 26.5. The van der Waals surface area contributed by atoms with E-state index < -0.39 is 20.0 Å². The summed E-state index contributed by atoms with van der Waals surface area (Å²) in [6, 6.07) is 11.1. The Labute approximate surface area is 207 Å². The number of carbonyl (C=O) groups excluding carboxylic acids is 1. The molecule has 11 heteroatoms. The molecule has 2 aromatic rings. The van der Waals surface area contributed by atoms with Gasteiger partial charge in [-0.15, -0.1) is 0 Å². The number of hydrogen-bond donors (Lipinski definition) is 1. The van der Waals surface area contributed by atoms with Gasteiger partial charge in [-0.25, -0.2) is 16.8 Å². The molecule has 1 saturated heterocycles. The van der Waals surface area contributed by atoms with Crippen molar-refractivity contribution in [2.75, 3.05) is 35.5 Å². The number of rotatable bonds is 9. The number of sulfonamides is 2. The molecule has 0 saturated carbocycles. The van der Waals surface area contributed by atoms with Crippen molar-refractivity contribution in [2.45, 2.75) is 43.9 Å². The monoisotopic (exact) mass is 527 g/mol. The third-order valence-corrected chi connectivity index (χ3v) is 9.02. The van der Waals surface area contributed by atoms with Gasteiger partial charge in [0.15, 0.2) is 0 Å². The minimum atomic E-state index is -3.56. The van der Waals surface area contributed by atoms with Crippen LogP contribution in [-0.2, 0) is 24.8 Å². The fourth-order valence-electron chi connectivity index (χ4n) is 3.89. The summed E-state index contributed by atoms with van der Waals surface area (Å²) in [5.74, 6) is -0.289. The van der Waals surface area contributed by atoms with Gasteiger partial charge in [0.2, 0.25) is 26.0 Å². The van der Waals surface area contributed by atoms with Crippen molar-refractivity contribution in [3.63, 3.8) is 0 Å². The number of benzene rings is 2. The molecule has 1 aliphatic heterocycles. The van der Waals surface area contributed by atoms with Gasteiger partial charge in [-0.1, -0.05) is 24.1 Å².